The fourth-order valence-corrected chi connectivity index (χ4v) is 8.51. The molecular formula is C36H31ClFN3O8. The maximum absolute atomic E-state index is 15.1. The molecule has 3 N–H and O–H groups in total. The van der Waals surface area contributed by atoms with E-state index in [1.54, 1.807) is 36.4 Å². The van der Waals surface area contributed by atoms with Gasteiger partial charge in [-0.15, -0.1) is 0 Å². The van der Waals surface area contributed by atoms with E-state index < -0.39 is 76.8 Å². The molecule has 1 saturated carbocycles. The summed E-state index contributed by atoms with van der Waals surface area (Å²) in [5.74, 6) is -8.28. The number of hydrazine groups is 1. The molecule has 3 aromatic rings. The summed E-state index contributed by atoms with van der Waals surface area (Å²) in [5, 5.41) is 22.0. The number of methoxy groups -OCH3 is 1. The Bertz CT molecular complexity index is 1930. The van der Waals surface area contributed by atoms with Crippen LogP contribution in [0.25, 0.3) is 0 Å². The molecule has 0 spiro atoms. The zero-order chi connectivity index (χ0) is 34.8. The van der Waals surface area contributed by atoms with E-state index in [4.69, 9.17) is 16.3 Å². The van der Waals surface area contributed by atoms with Gasteiger partial charge in [0.25, 0.3) is 11.8 Å². The lowest BCUT2D eigenvalue weighted by Crippen LogP contribution is -2.53. The third-order valence-electron chi connectivity index (χ3n) is 10.4. The average Bonchev–Trinajstić information content (AvgIpc) is 3.46. The number of carbonyl (C=O) groups excluding carboxylic acids is 4. The highest BCUT2D eigenvalue weighted by Crippen LogP contribution is 2.65. The van der Waals surface area contributed by atoms with Crippen molar-refractivity contribution in [2.75, 3.05) is 19.1 Å². The minimum atomic E-state index is -1.68. The van der Waals surface area contributed by atoms with Crippen molar-refractivity contribution in [2.24, 2.45) is 23.7 Å². The van der Waals surface area contributed by atoms with Crippen LogP contribution in [0.4, 0.5) is 10.1 Å². The number of nitrogens with zero attached hydrogens (tertiary/aromatic N) is 2. The number of ether oxygens (including phenoxy) is 1. The van der Waals surface area contributed by atoms with Crippen molar-refractivity contribution >= 4 is 46.9 Å². The Balaban J connectivity index is 1.44. The molecule has 13 heteroatoms. The molecular weight excluding hydrogens is 657 g/mol. The smallest absolute Gasteiger partial charge is 0.305 e. The van der Waals surface area contributed by atoms with E-state index in [2.05, 4.69) is 5.43 Å². The molecule has 7 rings (SSSR count). The van der Waals surface area contributed by atoms with Crippen LogP contribution >= 0.6 is 11.6 Å². The fourth-order valence-electron chi connectivity index (χ4n) is 8.38. The van der Waals surface area contributed by atoms with Crippen molar-refractivity contribution in [1.82, 2.24) is 9.91 Å². The van der Waals surface area contributed by atoms with Crippen LogP contribution in [-0.4, -0.2) is 63.4 Å². The molecule has 49 heavy (non-hydrogen) atoms. The Hall–Kier alpha value is -5.23. The maximum Gasteiger partial charge on any atom is 0.305 e. The maximum atomic E-state index is 15.1. The summed E-state index contributed by atoms with van der Waals surface area (Å²) in [4.78, 5) is 69.6. The molecule has 11 nitrogen and oxygen atoms in total. The van der Waals surface area contributed by atoms with Gasteiger partial charge >= 0.3 is 5.97 Å². The number of amides is 4. The summed E-state index contributed by atoms with van der Waals surface area (Å²) in [6, 6.07) is 16.3. The molecule has 0 radical (unpaired) electrons. The van der Waals surface area contributed by atoms with Crippen LogP contribution in [0, 0.1) is 29.5 Å². The largest absolute Gasteiger partial charge is 0.508 e. The number of carboxylic acids is 1. The van der Waals surface area contributed by atoms with Crippen LogP contribution in [0.2, 0.25) is 5.02 Å². The number of anilines is 1. The van der Waals surface area contributed by atoms with Crippen molar-refractivity contribution in [2.45, 2.75) is 30.6 Å². The number of carbonyl (C=O) groups is 5. The minimum absolute atomic E-state index is 0.00514. The molecule has 2 saturated heterocycles. The van der Waals surface area contributed by atoms with Crippen LogP contribution in [0.15, 0.2) is 78.4 Å². The van der Waals surface area contributed by atoms with Gasteiger partial charge in [-0.1, -0.05) is 35.4 Å². The number of phenolic OH excluding ortho intramolecular Hbond substituents is 1. The number of aromatic hydroxyl groups is 1. The number of phenols is 1. The van der Waals surface area contributed by atoms with Gasteiger partial charge in [-0.3, -0.25) is 34.3 Å². The van der Waals surface area contributed by atoms with Gasteiger partial charge in [-0.05, 0) is 78.9 Å². The number of rotatable bonds is 8. The molecule has 3 fully saturated rings. The lowest BCUT2D eigenvalue weighted by atomic mass is 9.49. The molecule has 2 aliphatic heterocycles. The number of nitrogens with one attached hydrogen (secondary N) is 1. The van der Waals surface area contributed by atoms with E-state index in [0.717, 1.165) is 9.91 Å². The van der Waals surface area contributed by atoms with Gasteiger partial charge < -0.3 is 14.9 Å². The fraction of sp³-hybridized carbons (Fsp3) is 0.306. The van der Waals surface area contributed by atoms with Crippen molar-refractivity contribution in [3.8, 4) is 11.5 Å². The third kappa shape index (κ3) is 4.96. The lowest BCUT2D eigenvalue weighted by molar-refractivity contribution is -0.143. The van der Waals surface area contributed by atoms with Gasteiger partial charge in [-0.25, -0.2) is 4.39 Å². The average molecular weight is 688 g/mol. The number of carboxylic acid groups (broad SMARTS) is 1. The van der Waals surface area contributed by atoms with Gasteiger partial charge in [-0.2, -0.15) is 5.01 Å². The van der Waals surface area contributed by atoms with Gasteiger partial charge in [0, 0.05) is 23.0 Å². The number of imide groups is 2. The Morgan fingerprint density at radius 2 is 1.71 bits per heavy atom. The van der Waals surface area contributed by atoms with E-state index in [1.165, 1.54) is 37.4 Å². The zero-order valence-corrected chi connectivity index (χ0v) is 26.9. The van der Waals surface area contributed by atoms with Gasteiger partial charge in [0.1, 0.15) is 17.3 Å². The number of halogens is 2. The normalized spacial score (nSPS) is 27.4. The highest BCUT2D eigenvalue weighted by Gasteiger charge is 2.70. The van der Waals surface area contributed by atoms with E-state index in [1.807, 2.05) is 6.08 Å². The topological polar surface area (TPSA) is 154 Å². The highest BCUT2D eigenvalue weighted by molar-refractivity contribution is 6.30. The van der Waals surface area contributed by atoms with Gasteiger partial charge in [0.05, 0.1) is 42.4 Å². The molecule has 4 aliphatic rings. The third-order valence-corrected chi connectivity index (χ3v) is 10.7. The predicted molar refractivity (Wildman–Crippen MR) is 173 cm³/mol. The Labute approximate surface area is 284 Å². The Kier molecular flexibility index (Phi) is 7.93. The standard InChI is InChI=1S/C36H31ClFN3O8/c1-49-22-10-13-28(42)26(16-22)31-23-11-12-24-30(34(47)40(32(24)45)15-14-29(43)44)25(23)17-27-33(46)41(39-21-8-6-20(38)7-9-21)35(48)36(27,31)18-2-4-19(37)5-3-18/h2-11,13,16,24-25,27,30-31,39,42H,12,14-15,17H2,1H3,(H,43,44)/t24-,25+,27-,30-,31+,36+/m0/s1. The second kappa shape index (κ2) is 12.0. The van der Waals surface area contributed by atoms with Crippen molar-refractivity contribution in [3.63, 3.8) is 0 Å². The lowest BCUT2D eigenvalue weighted by Gasteiger charge is -2.50. The van der Waals surface area contributed by atoms with E-state index in [-0.39, 0.29) is 36.4 Å². The quantitative estimate of drug-likeness (QED) is 0.227. The van der Waals surface area contributed by atoms with E-state index in [0.29, 0.717) is 21.9 Å². The van der Waals surface area contributed by atoms with Crippen LogP contribution in [0.3, 0.4) is 0 Å². The molecule has 2 heterocycles. The number of likely N-dealkylation sites (tertiary alicyclic amines) is 1. The first-order chi connectivity index (χ1) is 23.5. The van der Waals surface area contributed by atoms with Gasteiger partial charge in [0.2, 0.25) is 11.8 Å². The van der Waals surface area contributed by atoms with E-state index in [9.17, 15) is 33.8 Å². The van der Waals surface area contributed by atoms with Crippen molar-refractivity contribution in [3.05, 3.63) is 100 Å². The van der Waals surface area contributed by atoms with Crippen LogP contribution in [0.5, 0.6) is 11.5 Å². The van der Waals surface area contributed by atoms with Gasteiger partial charge in [0.15, 0.2) is 0 Å². The number of fused-ring (bicyclic) bond motifs is 4. The molecule has 0 bridgehead atoms. The second-order valence-electron chi connectivity index (χ2n) is 12.8. The molecule has 0 aromatic heterocycles. The number of allylic oxidation sites excluding steroid dienone is 2. The molecule has 4 amide bonds. The van der Waals surface area contributed by atoms with Crippen molar-refractivity contribution < 1.29 is 43.3 Å². The van der Waals surface area contributed by atoms with E-state index >= 15 is 4.79 Å². The highest BCUT2D eigenvalue weighted by atomic mass is 35.5. The minimum Gasteiger partial charge on any atom is -0.508 e. The number of aliphatic carboxylic acids is 1. The Morgan fingerprint density at radius 1 is 1.00 bits per heavy atom. The first kappa shape index (κ1) is 32.3. The number of hydrogen-bond acceptors (Lipinski definition) is 8. The number of benzene rings is 3. The summed E-state index contributed by atoms with van der Waals surface area (Å²) in [7, 11) is 1.45. The molecule has 6 atom stereocenters. The Morgan fingerprint density at radius 3 is 2.39 bits per heavy atom. The van der Waals surface area contributed by atoms with Crippen LogP contribution < -0.4 is 10.2 Å². The molecule has 2 aliphatic carbocycles. The molecule has 252 valence electrons. The molecule has 3 aromatic carbocycles. The van der Waals surface area contributed by atoms with Crippen molar-refractivity contribution in [1.29, 1.82) is 0 Å². The SMILES string of the molecule is COc1ccc(O)c([C@H]2C3=CC[C@@H]4C(=O)N(CCC(=O)O)C(=O)[C@@H]4[C@@H]3C[C@H]3C(=O)N(Nc4ccc(F)cc4)C(=O)[C@@]23c2ccc(Cl)cc2)c1. The summed E-state index contributed by atoms with van der Waals surface area (Å²) in [6.07, 6.45) is 1.53. The predicted octanol–water partition coefficient (Wildman–Crippen LogP) is 4.65. The first-order valence-corrected chi connectivity index (χ1v) is 16.2. The second-order valence-corrected chi connectivity index (χ2v) is 13.2. The summed E-state index contributed by atoms with van der Waals surface area (Å²) >= 11 is 6.30. The monoisotopic (exact) mass is 687 g/mol. The van der Waals surface area contributed by atoms with Crippen LogP contribution in [-0.2, 0) is 29.4 Å². The summed E-state index contributed by atoms with van der Waals surface area (Å²) < 4.78 is 19.3. The number of hydrogen-bond donors (Lipinski definition) is 3. The summed E-state index contributed by atoms with van der Waals surface area (Å²) in [6.45, 7) is -0.285. The zero-order valence-electron chi connectivity index (χ0n) is 26.1. The summed E-state index contributed by atoms with van der Waals surface area (Å²) in [5.41, 5.74) is 2.78. The van der Waals surface area contributed by atoms with Crippen LogP contribution in [0.1, 0.15) is 36.3 Å². The first-order valence-electron chi connectivity index (χ1n) is 15.8. The molecule has 0 unspecified atom stereocenters.